The van der Waals surface area contributed by atoms with E-state index in [1.165, 1.54) is 7.11 Å². The van der Waals surface area contributed by atoms with Crippen molar-refractivity contribution in [2.45, 2.75) is 6.92 Å². The maximum Gasteiger partial charge on any atom is 0.414 e. The predicted octanol–water partition coefficient (Wildman–Crippen LogP) is 1.64. The Hall–Kier alpha value is -2.04. The zero-order chi connectivity index (χ0) is 10.8. The monoisotopic (exact) mass is 205 g/mol. The molecule has 1 aromatic carbocycles. The largest absolute Gasteiger partial charge is 0.452 e. The summed E-state index contributed by atoms with van der Waals surface area (Å²) in [4.78, 5) is 0. The summed E-state index contributed by atoms with van der Waals surface area (Å²) >= 11 is 0. The fourth-order valence-corrected chi connectivity index (χ4v) is 1.27. The molecule has 1 aromatic heterocycles. The van der Waals surface area contributed by atoms with Gasteiger partial charge in [0.15, 0.2) is 0 Å². The van der Waals surface area contributed by atoms with Gasteiger partial charge in [-0.15, -0.1) is 5.10 Å². The smallest absolute Gasteiger partial charge is 0.414 e. The van der Waals surface area contributed by atoms with Crippen LogP contribution in [-0.4, -0.2) is 17.3 Å². The molecule has 2 N–H and O–H groups in total. The Bertz CT molecular complexity index is 479. The topological polar surface area (TPSA) is 74.2 Å². The number of hydrogen-bond donors (Lipinski definition) is 1. The number of methoxy groups -OCH3 is 1. The number of benzene rings is 1. The molecule has 0 aliphatic heterocycles. The highest BCUT2D eigenvalue weighted by Crippen LogP contribution is 2.25. The fourth-order valence-electron chi connectivity index (χ4n) is 1.27. The number of nitrogen functional groups attached to an aromatic ring is 1. The van der Waals surface area contributed by atoms with Crippen molar-refractivity contribution in [3.63, 3.8) is 0 Å². The Morgan fingerprint density at radius 2 is 2.13 bits per heavy atom. The molecule has 0 saturated heterocycles. The lowest BCUT2D eigenvalue weighted by Crippen LogP contribution is -1.88. The lowest BCUT2D eigenvalue weighted by atomic mass is 10.1. The Labute approximate surface area is 86.9 Å². The molecule has 0 radical (unpaired) electrons. The van der Waals surface area contributed by atoms with Gasteiger partial charge < -0.3 is 14.9 Å². The molecule has 0 fully saturated rings. The minimum absolute atomic E-state index is 0.145. The molecular weight excluding hydrogens is 194 g/mol. The van der Waals surface area contributed by atoms with Crippen LogP contribution in [0, 0.1) is 6.92 Å². The summed E-state index contributed by atoms with van der Waals surface area (Å²) in [5.74, 6) is 0.414. The lowest BCUT2D eigenvalue weighted by molar-refractivity contribution is 0.293. The minimum Gasteiger partial charge on any atom is -0.452 e. The van der Waals surface area contributed by atoms with Gasteiger partial charge >= 0.3 is 6.08 Å². The van der Waals surface area contributed by atoms with E-state index in [-0.39, 0.29) is 6.08 Å². The first-order chi connectivity index (χ1) is 7.20. The number of hydrogen-bond acceptors (Lipinski definition) is 5. The van der Waals surface area contributed by atoms with E-state index in [0.717, 1.165) is 11.1 Å². The van der Waals surface area contributed by atoms with Gasteiger partial charge in [0.05, 0.1) is 7.11 Å². The molecule has 0 unspecified atom stereocenters. The number of ether oxygens (including phenoxy) is 1. The average molecular weight is 205 g/mol. The Balaban J connectivity index is 2.48. The van der Waals surface area contributed by atoms with Gasteiger partial charge in [-0.3, -0.25) is 0 Å². The number of aromatic nitrogens is 2. The van der Waals surface area contributed by atoms with Crippen LogP contribution in [0.5, 0.6) is 6.08 Å². The third-order valence-corrected chi connectivity index (χ3v) is 2.07. The van der Waals surface area contributed by atoms with Crippen molar-refractivity contribution < 1.29 is 9.15 Å². The van der Waals surface area contributed by atoms with E-state index >= 15 is 0 Å². The molecule has 15 heavy (non-hydrogen) atoms. The zero-order valence-electron chi connectivity index (χ0n) is 8.52. The summed E-state index contributed by atoms with van der Waals surface area (Å²) in [6, 6.07) is 5.52. The van der Waals surface area contributed by atoms with Gasteiger partial charge in [-0.1, -0.05) is 11.2 Å². The fraction of sp³-hybridized carbons (Fsp3) is 0.200. The summed E-state index contributed by atoms with van der Waals surface area (Å²) < 4.78 is 10.1. The first-order valence-electron chi connectivity index (χ1n) is 4.44. The maximum absolute atomic E-state index is 5.68. The van der Waals surface area contributed by atoms with E-state index < -0.39 is 0 Å². The summed E-state index contributed by atoms with van der Waals surface area (Å²) in [5.41, 5.74) is 8.19. The predicted molar refractivity (Wildman–Crippen MR) is 55.4 cm³/mol. The summed E-state index contributed by atoms with van der Waals surface area (Å²) in [6.45, 7) is 1.95. The Morgan fingerprint density at radius 1 is 1.33 bits per heavy atom. The van der Waals surface area contributed by atoms with Crippen LogP contribution in [0.4, 0.5) is 5.69 Å². The van der Waals surface area contributed by atoms with Crippen molar-refractivity contribution in [3.8, 4) is 17.5 Å². The number of anilines is 1. The van der Waals surface area contributed by atoms with Crippen LogP contribution in [-0.2, 0) is 0 Å². The quantitative estimate of drug-likeness (QED) is 0.754. The van der Waals surface area contributed by atoms with E-state index in [0.29, 0.717) is 11.6 Å². The highest BCUT2D eigenvalue weighted by molar-refractivity contribution is 5.63. The average Bonchev–Trinajstić information content (AvgIpc) is 2.70. The van der Waals surface area contributed by atoms with Crippen LogP contribution in [0.1, 0.15) is 5.56 Å². The van der Waals surface area contributed by atoms with Crippen LogP contribution in [0.3, 0.4) is 0 Å². The molecule has 0 aliphatic carbocycles. The molecule has 0 aliphatic rings. The lowest BCUT2D eigenvalue weighted by Gasteiger charge is -2.01. The van der Waals surface area contributed by atoms with Gasteiger partial charge in [0.1, 0.15) is 0 Å². The third-order valence-electron chi connectivity index (χ3n) is 2.07. The standard InChI is InChI=1S/C10H11N3O2/c1-6-3-4-7(11)5-8(6)9-12-13-10(14-2)15-9/h3-5H,11H2,1-2H3. The molecule has 0 spiro atoms. The van der Waals surface area contributed by atoms with Gasteiger partial charge in [0, 0.05) is 11.3 Å². The second-order valence-corrected chi connectivity index (χ2v) is 3.15. The van der Waals surface area contributed by atoms with Crippen molar-refractivity contribution in [2.75, 3.05) is 12.8 Å². The molecule has 1 heterocycles. The van der Waals surface area contributed by atoms with Gasteiger partial charge in [-0.05, 0) is 24.6 Å². The first kappa shape index (κ1) is 9.51. The summed E-state index contributed by atoms with van der Waals surface area (Å²) in [5, 5.41) is 7.56. The Morgan fingerprint density at radius 3 is 2.80 bits per heavy atom. The summed E-state index contributed by atoms with van der Waals surface area (Å²) in [7, 11) is 1.48. The molecule has 5 nitrogen and oxygen atoms in total. The number of nitrogens with zero attached hydrogens (tertiary/aromatic N) is 2. The maximum atomic E-state index is 5.68. The van der Waals surface area contributed by atoms with E-state index in [2.05, 4.69) is 10.2 Å². The zero-order valence-corrected chi connectivity index (χ0v) is 8.52. The molecule has 2 rings (SSSR count). The van der Waals surface area contributed by atoms with Gasteiger partial charge in [-0.2, -0.15) is 0 Å². The first-order valence-corrected chi connectivity index (χ1v) is 4.44. The third kappa shape index (κ3) is 1.76. The number of aryl methyl sites for hydroxylation is 1. The van der Waals surface area contributed by atoms with E-state index in [1.54, 1.807) is 6.07 Å². The second-order valence-electron chi connectivity index (χ2n) is 3.15. The molecule has 78 valence electrons. The van der Waals surface area contributed by atoms with E-state index in [4.69, 9.17) is 14.9 Å². The van der Waals surface area contributed by atoms with Crippen molar-refractivity contribution in [1.82, 2.24) is 10.2 Å². The van der Waals surface area contributed by atoms with Gasteiger partial charge in [0.25, 0.3) is 5.89 Å². The van der Waals surface area contributed by atoms with Crippen LogP contribution < -0.4 is 10.5 Å². The van der Waals surface area contributed by atoms with Crippen molar-refractivity contribution in [3.05, 3.63) is 23.8 Å². The SMILES string of the molecule is COc1nnc(-c2cc(N)ccc2C)o1. The Kier molecular flexibility index (Phi) is 2.29. The van der Waals surface area contributed by atoms with Crippen molar-refractivity contribution in [2.24, 2.45) is 0 Å². The second kappa shape index (κ2) is 3.61. The molecular formula is C10H11N3O2. The molecule has 0 atom stereocenters. The molecule has 0 bridgehead atoms. The van der Waals surface area contributed by atoms with E-state index in [1.807, 2.05) is 19.1 Å². The van der Waals surface area contributed by atoms with Gasteiger partial charge in [0.2, 0.25) is 0 Å². The number of nitrogens with two attached hydrogens (primary N) is 1. The molecule has 2 aromatic rings. The summed E-state index contributed by atoms with van der Waals surface area (Å²) in [6.07, 6.45) is 0.145. The molecule has 0 saturated carbocycles. The van der Waals surface area contributed by atoms with E-state index in [9.17, 15) is 0 Å². The minimum atomic E-state index is 0.145. The highest BCUT2D eigenvalue weighted by Gasteiger charge is 2.11. The van der Waals surface area contributed by atoms with Crippen LogP contribution in [0.2, 0.25) is 0 Å². The van der Waals surface area contributed by atoms with Crippen LogP contribution >= 0.6 is 0 Å². The highest BCUT2D eigenvalue weighted by atomic mass is 16.6. The number of rotatable bonds is 2. The molecule has 0 amide bonds. The van der Waals surface area contributed by atoms with Crippen LogP contribution in [0.15, 0.2) is 22.6 Å². The van der Waals surface area contributed by atoms with Gasteiger partial charge in [-0.25, -0.2) is 0 Å². The normalized spacial score (nSPS) is 10.3. The molecule has 5 heteroatoms. The van der Waals surface area contributed by atoms with Crippen LogP contribution in [0.25, 0.3) is 11.5 Å². The van der Waals surface area contributed by atoms with Crippen molar-refractivity contribution >= 4 is 5.69 Å². The van der Waals surface area contributed by atoms with Crippen molar-refractivity contribution in [1.29, 1.82) is 0 Å².